The zero-order valence-electron chi connectivity index (χ0n) is 2.38. The van der Waals surface area contributed by atoms with Gasteiger partial charge in [-0.2, -0.15) is 0 Å². The summed E-state index contributed by atoms with van der Waals surface area (Å²) in [6.45, 7) is 0. The van der Waals surface area contributed by atoms with Crippen LogP contribution in [-0.2, 0) is 17.1 Å². The molecule has 0 spiro atoms. The van der Waals surface area contributed by atoms with Crippen molar-refractivity contribution in [2.24, 2.45) is 0 Å². The average Bonchev–Trinajstić information content (AvgIpc) is 1.00. The van der Waals surface area contributed by atoms with Gasteiger partial charge in [0.05, 0.1) is 0 Å². The molecular formula is H13AlBaCaMnSi2. The Kier molecular flexibility index (Phi) is 183. The van der Waals surface area contributed by atoms with Crippen LogP contribution < -0.4 is 0 Å². The van der Waals surface area contributed by atoms with Gasteiger partial charge in [-0.1, -0.05) is 0 Å². The molecule has 0 saturated heterocycles. The van der Waals surface area contributed by atoms with Crippen LogP contribution in [0.25, 0.3) is 0 Å². The quantitative estimate of drug-likeness (QED) is 0.390. The van der Waals surface area contributed by atoms with Crippen molar-refractivity contribution in [1.82, 2.24) is 0 Å². The minimum Gasteiger partial charge on any atom is -0.0125 e. The van der Waals surface area contributed by atoms with Crippen LogP contribution in [0.4, 0.5) is 0 Å². The number of hydrogen-bond acceptors (Lipinski definition) is 0. The van der Waals surface area contributed by atoms with E-state index in [-0.39, 0.29) is 121 Å². The van der Waals surface area contributed by atoms with Crippen molar-refractivity contribution in [3.63, 3.8) is 0 Å². The molecule has 0 saturated carbocycles. The Balaban J connectivity index is -0.000000000833. The molecule has 0 aromatic heterocycles. The van der Waals surface area contributed by atoms with Crippen LogP contribution in [0.3, 0.4) is 0 Å². The van der Waals surface area contributed by atoms with Crippen molar-refractivity contribution in [1.29, 1.82) is 0 Å². The molecule has 0 unspecified atom stereocenters. The summed E-state index contributed by atoms with van der Waals surface area (Å²) in [4.78, 5) is 0. The van der Waals surface area contributed by atoms with Crippen LogP contribution in [-0.4, -0.2) is 124 Å². The maximum atomic E-state index is 1.44. The standard InChI is InChI=1S/Al.Ba.Ca.Mn.H6Si2.7H/c;;;;1-2;;;;;;;/h;;;;1-2H3;;;;;;;. The summed E-state index contributed by atoms with van der Waals surface area (Å²) in [6, 6.07) is 0. The molecule has 0 heterocycles. The van der Waals surface area contributed by atoms with Crippen LogP contribution in [0, 0.1) is 0 Å². The van der Waals surface area contributed by atoms with Gasteiger partial charge in [-0.15, -0.1) is 0 Å². The van der Waals surface area contributed by atoms with Gasteiger partial charge in [0.2, 0.25) is 0 Å². The third kappa shape index (κ3) is 23.9. The molecule has 1 radical (unpaired) electrons. The van der Waals surface area contributed by atoms with E-state index >= 15 is 0 Å². The van der Waals surface area contributed by atoms with Gasteiger partial charge < -0.3 is 0 Å². The normalized spacial score (nSPS) is 2.00. The van der Waals surface area contributed by atoms with Crippen molar-refractivity contribution < 1.29 is 17.1 Å². The van der Waals surface area contributed by atoms with E-state index < -0.39 is 0 Å². The Morgan fingerprint density at radius 3 is 1.00 bits per heavy atom. The summed E-state index contributed by atoms with van der Waals surface area (Å²) >= 11 is 0. The molecule has 0 aliphatic carbocycles. The summed E-state index contributed by atoms with van der Waals surface area (Å²) in [6.07, 6.45) is 0. The maximum Gasteiger partial charge on any atom is 0 e. The molecule has 35 valence electrons. The molecule has 6 heavy (non-hydrogen) atoms. The van der Waals surface area contributed by atoms with Crippen LogP contribution in [0.5, 0.6) is 0 Å². The van der Waals surface area contributed by atoms with E-state index in [1.807, 2.05) is 0 Å². The molecule has 0 atom stereocenters. The van der Waals surface area contributed by atoms with Gasteiger partial charge in [0.1, 0.15) is 0 Å². The van der Waals surface area contributed by atoms with E-state index in [9.17, 15) is 0 Å². The Bertz CT molecular complexity index is 13.5. The van der Waals surface area contributed by atoms with Crippen LogP contribution in [0.2, 0.25) is 0 Å². The smallest absolute Gasteiger partial charge is 0 e. The van der Waals surface area contributed by atoms with Crippen molar-refractivity contribution in [3.8, 4) is 0 Å². The van der Waals surface area contributed by atoms with Gasteiger partial charge >= 0.3 is 86.6 Å². The van der Waals surface area contributed by atoms with Crippen LogP contribution >= 0.6 is 0 Å². The Morgan fingerprint density at radius 2 is 1.00 bits per heavy atom. The minimum absolute atomic E-state index is 0. The summed E-state index contributed by atoms with van der Waals surface area (Å²) in [5.74, 6) is 0. The van der Waals surface area contributed by atoms with Gasteiger partial charge in [0.15, 0.2) is 17.4 Å². The van der Waals surface area contributed by atoms with E-state index in [2.05, 4.69) is 0 Å². The predicted molar refractivity (Wildman–Crippen MR) is 46.9 cm³/mol. The van der Waals surface area contributed by atoms with Crippen molar-refractivity contribution in [2.45, 2.75) is 0 Å². The fourth-order valence-electron chi connectivity index (χ4n) is 0. The Labute approximate surface area is 137 Å². The van der Waals surface area contributed by atoms with E-state index in [1.54, 1.807) is 0 Å². The topological polar surface area (TPSA) is 0 Å². The monoisotopic (exact) mass is 329 g/mol. The Hall–Kier alpha value is 4.32. The molecule has 0 nitrogen and oxygen atoms in total. The minimum atomic E-state index is 0. The maximum absolute atomic E-state index is 1.44. The van der Waals surface area contributed by atoms with Crippen molar-refractivity contribution in [3.05, 3.63) is 0 Å². The molecule has 0 fully saturated rings. The zero-order valence-corrected chi connectivity index (χ0v) is 7.56. The van der Waals surface area contributed by atoms with E-state index in [0.29, 0.717) is 0 Å². The van der Waals surface area contributed by atoms with Crippen molar-refractivity contribution in [2.75, 3.05) is 0 Å². The van der Waals surface area contributed by atoms with Crippen molar-refractivity contribution >= 4 is 124 Å². The fourth-order valence-corrected chi connectivity index (χ4v) is 0. The Morgan fingerprint density at radius 1 is 1.00 bits per heavy atom. The second kappa shape index (κ2) is 34.6. The fraction of sp³-hybridized carbons (Fsp3) is 0. The van der Waals surface area contributed by atoms with Crippen LogP contribution in [0.1, 0.15) is 0 Å². The van der Waals surface area contributed by atoms with Gasteiger partial charge in [-0.3, -0.25) is 0 Å². The van der Waals surface area contributed by atoms with Crippen LogP contribution in [0.15, 0.2) is 0 Å². The first-order valence-corrected chi connectivity index (χ1v) is 9.00. The number of hydrogen-bond donors (Lipinski definition) is 0. The molecule has 0 aliphatic heterocycles. The van der Waals surface area contributed by atoms with E-state index in [4.69, 9.17) is 0 Å². The molecule has 0 aromatic rings. The first-order valence-electron chi connectivity index (χ1n) is 1.00. The summed E-state index contributed by atoms with van der Waals surface area (Å²) < 4.78 is 0. The third-order valence-corrected chi connectivity index (χ3v) is 0. The summed E-state index contributed by atoms with van der Waals surface area (Å²) in [5, 5.41) is 0. The number of rotatable bonds is 0. The van der Waals surface area contributed by atoms with Gasteiger partial charge in [-0.05, 0) is 19.5 Å². The first-order chi connectivity index (χ1) is 1.00. The van der Waals surface area contributed by atoms with E-state index in [1.165, 1.54) is 19.5 Å². The molecule has 0 bridgehead atoms. The second-order valence-corrected chi connectivity index (χ2v) is 0. The van der Waals surface area contributed by atoms with E-state index in [0.717, 1.165) is 0 Å². The molecule has 0 rings (SSSR count). The zero-order chi connectivity index (χ0) is 2.00. The molecular weight excluding hydrogens is 315 g/mol. The molecule has 0 amide bonds. The van der Waals surface area contributed by atoms with Gasteiger partial charge in [-0.25, -0.2) is 0 Å². The first kappa shape index (κ1) is 31.7. The van der Waals surface area contributed by atoms with Gasteiger partial charge in [0, 0.05) is 17.1 Å². The summed E-state index contributed by atoms with van der Waals surface area (Å²) in [7, 11) is 2.89. The second-order valence-electron chi connectivity index (χ2n) is 0. The molecule has 6 heteroatoms. The molecule has 0 N–H and O–H groups in total. The van der Waals surface area contributed by atoms with Gasteiger partial charge in [0.25, 0.3) is 0 Å². The molecule has 0 aromatic carbocycles. The molecule has 0 aliphatic rings. The predicted octanol–water partition coefficient (Wildman–Crippen LogP) is -5.39. The largest absolute Gasteiger partial charge is 0.0125 e. The SMILES string of the molecule is [AlH3].[BaH2].[CaH2].[Mn].[SiH3][SiH3]. The average molecular weight is 329 g/mol. The summed E-state index contributed by atoms with van der Waals surface area (Å²) in [5.41, 5.74) is 0. The third-order valence-electron chi connectivity index (χ3n) is 0.